The highest BCUT2D eigenvalue weighted by Gasteiger charge is 2.28. The lowest BCUT2D eigenvalue weighted by atomic mass is 10.0. The molecule has 0 aromatic heterocycles. The van der Waals surface area contributed by atoms with Crippen LogP contribution in [0.5, 0.6) is 5.75 Å². The van der Waals surface area contributed by atoms with Crippen molar-refractivity contribution < 1.29 is 17.9 Å². The lowest BCUT2D eigenvalue weighted by Crippen LogP contribution is -2.49. The second-order valence-electron chi connectivity index (χ2n) is 7.05. The summed E-state index contributed by atoms with van der Waals surface area (Å²) in [5.74, 6) is 0.0278. The Labute approximate surface area is 167 Å². The fourth-order valence-corrected chi connectivity index (χ4v) is 4.13. The van der Waals surface area contributed by atoms with E-state index in [1.807, 2.05) is 25.1 Å². The zero-order chi connectivity index (χ0) is 20.7. The zero-order valence-electron chi connectivity index (χ0n) is 16.7. The fraction of sp³-hybridized carbons (Fsp3) is 0.381. The lowest BCUT2D eigenvalue weighted by molar-refractivity contribution is -0.123. The maximum absolute atomic E-state index is 12.7. The van der Waals surface area contributed by atoms with Gasteiger partial charge in [0.2, 0.25) is 15.9 Å². The smallest absolute Gasteiger partial charge is 0.241 e. The van der Waals surface area contributed by atoms with Crippen molar-refractivity contribution in [1.29, 1.82) is 0 Å². The number of methoxy groups -OCH3 is 1. The van der Waals surface area contributed by atoms with Gasteiger partial charge in [-0.3, -0.25) is 4.79 Å². The van der Waals surface area contributed by atoms with Crippen molar-refractivity contribution in [3.05, 3.63) is 59.7 Å². The maximum atomic E-state index is 12.7. The third kappa shape index (κ3) is 6.07. The summed E-state index contributed by atoms with van der Waals surface area (Å²) >= 11 is 0. The van der Waals surface area contributed by atoms with Crippen LogP contribution in [0.3, 0.4) is 0 Å². The van der Waals surface area contributed by atoms with Crippen LogP contribution in [0.4, 0.5) is 0 Å². The maximum Gasteiger partial charge on any atom is 0.241 e. The standard InChI is InChI=1S/C21H28N2O4S/c1-15(2)20(21(24)22-13-12-17-7-5-6-16(3)14-17)23-28(25,26)19-10-8-18(27-4)9-11-19/h5-11,14-15,20,23H,12-13H2,1-4H3,(H,22,24)/t20-/m0/s1. The van der Waals surface area contributed by atoms with Gasteiger partial charge in [-0.05, 0) is 49.1 Å². The Bertz CT molecular complexity index is 893. The molecule has 0 radical (unpaired) electrons. The van der Waals surface area contributed by atoms with Gasteiger partial charge in [-0.15, -0.1) is 0 Å². The minimum atomic E-state index is -3.82. The quantitative estimate of drug-likeness (QED) is 0.673. The summed E-state index contributed by atoms with van der Waals surface area (Å²) in [4.78, 5) is 12.7. The number of hydrogen-bond acceptors (Lipinski definition) is 4. The van der Waals surface area contributed by atoms with Gasteiger partial charge in [-0.25, -0.2) is 8.42 Å². The first-order chi connectivity index (χ1) is 13.2. The van der Waals surface area contributed by atoms with Gasteiger partial charge >= 0.3 is 0 Å². The van der Waals surface area contributed by atoms with Crippen LogP contribution in [-0.4, -0.2) is 34.0 Å². The number of rotatable bonds is 9. The molecule has 0 spiro atoms. The second kappa shape index (κ2) is 9.71. The Hall–Kier alpha value is -2.38. The molecule has 2 N–H and O–H groups in total. The molecule has 2 rings (SSSR count). The molecule has 0 fully saturated rings. The fourth-order valence-electron chi connectivity index (χ4n) is 2.79. The number of aryl methyl sites for hydroxylation is 1. The van der Waals surface area contributed by atoms with E-state index in [9.17, 15) is 13.2 Å². The van der Waals surface area contributed by atoms with E-state index in [0.29, 0.717) is 18.7 Å². The van der Waals surface area contributed by atoms with E-state index >= 15 is 0 Å². The Morgan fingerprint density at radius 3 is 2.36 bits per heavy atom. The van der Waals surface area contributed by atoms with Gasteiger partial charge in [0.05, 0.1) is 12.0 Å². The van der Waals surface area contributed by atoms with Gasteiger partial charge in [-0.1, -0.05) is 43.7 Å². The molecule has 28 heavy (non-hydrogen) atoms. The van der Waals surface area contributed by atoms with Crippen LogP contribution in [0.1, 0.15) is 25.0 Å². The van der Waals surface area contributed by atoms with Gasteiger partial charge < -0.3 is 10.1 Å². The zero-order valence-corrected chi connectivity index (χ0v) is 17.5. The molecule has 0 unspecified atom stereocenters. The minimum Gasteiger partial charge on any atom is -0.497 e. The van der Waals surface area contributed by atoms with Crippen molar-refractivity contribution in [2.75, 3.05) is 13.7 Å². The molecule has 0 bridgehead atoms. The van der Waals surface area contributed by atoms with Crippen molar-refractivity contribution in [2.24, 2.45) is 5.92 Å². The van der Waals surface area contributed by atoms with E-state index in [0.717, 1.165) is 11.1 Å². The van der Waals surface area contributed by atoms with Crippen molar-refractivity contribution in [1.82, 2.24) is 10.0 Å². The van der Waals surface area contributed by atoms with E-state index in [1.165, 1.54) is 19.2 Å². The predicted octanol–water partition coefficient (Wildman–Crippen LogP) is 2.67. The number of sulfonamides is 1. The topological polar surface area (TPSA) is 84.5 Å². The summed E-state index contributed by atoms with van der Waals surface area (Å²) in [6.07, 6.45) is 0.684. The van der Waals surface area contributed by atoms with E-state index in [-0.39, 0.29) is 16.7 Å². The van der Waals surface area contributed by atoms with Crippen LogP contribution in [0.15, 0.2) is 53.4 Å². The highest BCUT2D eigenvalue weighted by atomic mass is 32.2. The van der Waals surface area contributed by atoms with Crippen LogP contribution in [0.25, 0.3) is 0 Å². The molecule has 0 aliphatic rings. The molecule has 0 aliphatic carbocycles. The Morgan fingerprint density at radius 1 is 1.11 bits per heavy atom. The van der Waals surface area contributed by atoms with Crippen molar-refractivity contribution in [3.8, 4) is 5.75 Å². The summed E-state index contributed by atoms with van der Waals surface area (Å²) < 4.78 is 32.9. The van der Waals surface area contributed by atoms with E-state index < -0.39 is 16.1 Å². The predicted molar refractivity (Wildman–Crippen MR) is 110 cm³/mol. The normalized spacial score (nSPS) is 12.6. The number of amides is 1. The molecule has 152 valence electrons. The monoisotopic (exact) mass is 404 g/mol. The Morgan fingerprint density at radius 2 is 1.79 bits per heavy atom. The number of ether oxygens (including phenoxy) is 1. The molecular formula is C21H28N2O4S. The lowest BCUT2D eigenvalue weighted by Gasteiger charge is -2.21. The van der Waals surface area contributed by atoms with Gasteiger partial charge in [0.1, 0.15) is 11.8 Å². The third-order valence-corrected chi connectivity index (χ3v) is 5.85. The molecule has 7 heteroatoms. The van der Waals surface area contributed by atoms with Gasteiger partial charge in [0, 0.05) is 6.54 Å². The highest BCUT2D eigenvalue weighted by molar-refractivity contribution is 7.89. The molecule has 6 nitrogen and oxygen atoms in total. The van der Waals surface area contributed by atoms with Crippen molar-refractivity contribution in [2.45, 2.75) is 38.1 Å². The van der Waals surface area contributed by atoms with Crippen molar-refractivity contribution in [3.63, 3.8) is 0 Å². The van der Waals surface area contributed by atoms with Crippen LogP contribution in [-0.2, 0) is 21.2 Å². The largest absolute Gasteiger partial charge is 0.497 e. The first-order valence-electron chi connectivity index (χ1n) is 9.22. The highest BCUT2D eigenvalue weighted by Crippen LogP contribution is 2.17. The molecule has 1 atom stereocenters. The number of nitrogens with one attached hydrogen (secondary N) is 2. The van der Waals surface area contributed by atoms with E-state index in [1.54, 1.807) is 26.0 Å². The number of benzene rings is 2. The average Bonchev–Trinajstić information content (AvgIpc) is 2.66. The minimum absolute atomic E-state index is 0.0894. The third-order valence-electron chi connectivity index (χ3n) is 4.40. The van der Waals surface area contributed by atoms with Crippen LogP contribution < -0.4 is 14.8 Å². The molecule has 0 saturated heterocycles. The van der Waals surface area contributed by atoms with E-state index in [4.69, 9.17) is 4.74 Å². The SMILES string of the molecule is COc1ccc(S(=O)(=O)N[C@H](C(=O)NCCc2cccc(C)c2)C(C)C)cc1. The van der Waals surface area contributed by atoms with Crippen molar-refractivity contribution >= 4 is 15.9 Å². The number of carbonyl (C=O) groups is 1. The number of hydrogen-bond donors (Lipinski definition) is 2. The van der Waals surface area contributed by atoms with Crippen LogP contribution in [0.2, 0.25) is 0 Å². The van der Waals surface area contributed by atoms with E-state index in [2.05, 4.69) is 16.1 Å². The molecule has 2 aromatic rings. The Balaban J connectivity index is 2.01. The molecule has 1 amide bonds. The molecule has 0 aliphatic heterocycles. The van der Waals surface area contributed by atoms with Gasteiger partial charge in [-0.2, -0.15) is 4.72 Å². The van der Waals surface area contributed by atoms with Crippen LogP contribution in [0, 0.1) is 12.8 Å². The Kier molecular flexibility index (Phi) is 7.60. The summed E-state index contributed by atoms with van der Waals surface area (Å²) in [6, 6.07) is 13.3. The second-order valence-corrected chi connectivity index (χ2v) is 8.76. The van der Waals surface area contributed by atoms with Gasteiger partial charge in [0.15, 0.2) is 0 Å². The first kappa shape index (κ1) is 21.9. The average molecular weight is 405 g/mol. The van der Waals surface area contributed by atoms with Crippen LogP contribution >= 0.6 is 0 Å². The molecular weight excluding hydrogens is 376 g/mol. The summed E-state index contributed by atoms with van der Waals surface area (Å²) in [5.41, 5.74) is 2.29. The summed E-state index contributed by atoms with van der Waals surface area (Å²) in [7, 11) is -2.31. The van der Waals surface area contributed by atoms with Gasteiger partial charge in [0.25, 0.3) is 0 Å². The first-order valence-corrected chi connectivity index (χ1v) is 10.7. The number of carbonyl (C=O) groups excluding carboxylic acids is 1. The molecule has 2 aromatic carbocycles. The molecule has 0 saturated carbocycles. The summed E-state index contributed by atoms with van der Waals surface area (Å²) in [5, 5.41) is 2.84. The molecule has 0 heterocycles. The summed E-state index contributed by atoms with van der Waals surface area (Å²) in [6.45, 7) is 6.07.